The molecule has 4 heteroatoms. The molecule has 1 aromatic heterocycles. The molecule has 0 saturated carbocycles. The monoisotopic (exact) mass is 191 g/mol. The highest BCUT2D eigenvalue weighted by Crippen LogP contribution is 2.29. The van der Waals surface area contributed by atoms with Crippen molar-refractivity contribution in [1.29, 1.82) is 0 Å². The minimum absolute atomic E-state index is 0.0926. The Morgan fingerprint density at radius 1 is 1.42 bits per heavy atom. The molecule has 1 heterocycles. The molecular weight excluding hydrogens is 184 g/mol. The van der Waals surface area contributed by atoms with Crippen LogP contribution >= 0.6 is 11.6 Å². The van der Waals surface area contributed by atoms with E-state index in [2.05, 4.69) is 4.98 Å². The number of hydrogen-bond acceptors (Lipinski definition) is 1. The molecule has 0 aliphatic rings. The van der Waals surface area contributed by atoms with Crippen molar-refractivity contribution in [3.05, 3.63) is 28.0 Å². The average molecular weight is 192 g/mol. The predicted molar refractivity (Wildman–Crippen MR) is 43.7 cm³/mol. The van der Waals surface area contributed by atoms with Crippen molar-refractivity contribution < 1.29 is 8.78 Å². The summed E-state index contributed by atoms with van der Waals surface area (Å²) in [5.41, 5.74) is 0.791. The Hall–Kier alpha value is -0.700. The third-order valence-electron chi connectivity index (χ3n) is 1.54. The summed E-state index contributed by atoms with van der Waals surface area (Å²) in [6.45, 7) is 3.24. The van der Waals surface area contributed by atoms with Gasteiger partial charge in [0.15, 0.2) is 0 Å². The number of aryl methyl sites for hydroxylation is 2. The molecule has 0 atom stereocenters. The van der Waals surface area contributed by atoms with E-state index in [-0.39, 0.29) is 10.6 Å². The third kappa shape index (κ3) is 1.72. The van der Waals surface area contributed by atoms with Crippen molar-refractivity contribution in [2.75, 3.05) is 0 Å². The van der Waals surface area contributed by atoms with E-state index < -0.39 is 6.43 Å². The average Bonchev–Trinajstić information content (AvgIpc) is 1.82. The highest BCUT2D eigenvalue weighted by atomic mass is 35.5. The molecule has 0 N–H and O–H groups in total. The zero-order chi connectivity index (χ0) is 9.30. The van der Waals surface area contributed by atoms with E-state index in [1.807, 2.05) is 0 Å². The van der Waals surface area contributed by atoms with Crippen molar-refractivity contribution in [3.8, 4) is 0 Å². The largest absolute Gasteiger partial charge is 0.267 e. The van der Waals surface area contributed by atoms with Crippen LogP contribution in [0.3, 0.4) is 0 Å². The minimum Gasteiger partial charge on any atom is -0.258 e. The molecule has 0 amide bonds. The molecular formula is C8H8ClF2N. The standard InChI is InChI=1S/C8H8ClF2N/c1-4-3-6(9)7(8(10)11)5(2)12-4/h3,8H,1-2H3. The number of pyridine rings is 1. The quantitative estimate of drug-likeness (QED) is 0.664. The molecule has 66 valence electrons. The van der Waals surface area contributed by atoms with Gasteiger partial charge in [0.05, 0.1) is 10.6 Å². The first-order valence-corrected chi connectivity index (χ1v) is 3.82. The lowest BCUT2D eigenvalue weighted by molar-refractivity contribution is 0.150. The van der Waals surface area contributed by atoms with E-state index >= 15 is 0 Å². The molecule has 0 saturated heterocycles. The Labute approximate surface area is 74.4 Å². The molecule has 0 bridgehead atoms. The van der Waals surface area contributed by atoms with Crippen molar-refractivity contribution in [1.82, 2.24) is 4.98 Å². The third-order valence-corrected chi connectivity index (χ3v) is 1.86. The Balaban J connectivity index is 3.28. The van der Waals surface area contributed by atoms with Crippen LogP contribution in [0.25, 0.3) is 0 Å². The summed E-state index contributed by atoms with van der Waals surface area (Å²) < 4.78 is 24.6. The van der Waals surface area contributed by atoms with Crippen LogP contribution in [0.5, 0.6) is 0 Å². The molecule has 0 aliphatic heterocycles. The Morgan fingerprint density at radius 3 is 2.42 bits per heavy atom. The van der Waals surface area contributed by atoms with Gasteiger partial charge in [-0.2, -0.15) is 0 Å². The smallest absolute Gasteiger partial charge is 0.258 e. The highest BCUT2D eigenvalue weighted by Gasteiger charge is 2.15. The second kappa shape index (κ2) is 3.35. The van der Waals surface area contributed by atoms with Gasteiger partial charge >= 0.3 is 0 Å². The summed E-state index contributed by atoms with van der Waals surface area (Å²) in [5.74, 6) is 0. The zero-order valence-corrected chi connectivity index (χ0v) is 7.49. The van der Waals surface area contributed by atoms with E-state index in [4.69, 9.17) is 11.6 Å². The van der Waals surface area contributed by atoms with Crippen molar-refractivity contribution in [2.45, 2.75) is 20.3 Å². The van der Waals surface area contributed by atoms with Crippen molar-refractivity contribution in [2.24, 2.45) is 0 Å². The van der Waals surface area contributed by atoms with Crippen LogP contribution in [0, 0.1) is 13.8 Å². The molecule has 0 unspecified atom stereocenters. The maximum Gasteiger partial charge on any atom is 0.267 e. The van der Waals surface area contributed by atoms with Gasteiger partial charge in [-0.25, -0.2) is 8.78 Å². The lowest BCUT2D eigenvalue weighted by Crippen LogP contribution is -1.96. The van der Waals surface area contributed by atoms with E-state index in [0.29, 0.717) is 11.4 Å². The van der Waals surface area contributed by atoms with Crippen LogP contribution in [0.4, 0.5) is 8.78 Å². The Bertz CT molecular complexity index is 276. The summed E-state index contributed by atoms with van der Waals surface area (Å²) in [4.78, 5) is 3.89. The molecule has 0 spiro atoms. The predicted octanol–water partition coefficient (Wildman–Crippen LogP) is 3.29. The van der Waals surface area contributed by atoms with Gasteiger partial charge in [0, 0.05) is 11.4 Å². The molecule has 0 fully saturated rings. The first kappa shape index (κ1) is 9.39. The van der Waals surface area contributed by atoms with Crippen LogP contribution in [-0.2, 0) is 0 Å². The lowest BCUT2D eigenvalue weighted by atomic mass is 10.2. The number of aromatic nitrogens is 1. The SMILES string of the molecule is Cc1cc(Cl)c(C(F)F)c(C)n1. The van der Waals surface area contributed by atoms with Gasteiger partial charge in [-0.05, 0) is 19.9 Å². The summed E-state index contributed by atoms with van der Waals surface area (Å²) in [6.07, 6.45) is -2.55. The highest BCUT2D eigenvalue weighted by molar-refractivity contribution is 6.31. The summed E-state index contributed by atoms with van der Waals surface area (Å²) in [5, 5.41) is 0.0926. The maximum absolute atomic E-state index is 12.3. The van der Waals surface area contributed by atoms with Crippen LogP contribution in [-0.4, -0.2) is 4.98 Å². The second-order valence-corrected chi connectivity index (χ2v) is 2.95. The van der Waals surface area contributed by atoms with E-state index in [9.17, 15) is 8.78 Å². The first-order valence-electron chi connectivity index (χ1n) is 3.44. The summed E-state index contributed by atoms with van der Waals surface area (Å²) in [7, 11) is 0. The summed E-state index contributed by atoms with van der Waals surface area (Å²) >= 11 is 5.61. The van der Waals surface area contributed by atoms with Gasteiger partial charge in [0.25, 0.3) is 6.43 Å². The van der Waals surface area contributed by atoms with Gasteiger partial charge in [0.1, 0.15) is 0 Å². The van der Waals surface area contributed by atoms with Crippen LogP contribution in [0.2, 0.25) is 5.02 Å². The van der Waals surface area contributed by atoms with Crippen molar-refractivity contribution >= 4 is 11.6 Å². The fourth-order valence-corrected chi connectivity index (χ4v) is 1.43. The number of nitrogens with zero attached hydrogens (tertiary/aromatic N) is 1. The molecule has 1 rings (SSSR count). The molecule has 0 aromatic carbocycles. The van der Waals surface area contributed by atoms with Gasteiger partial charge < -0.3 is 0 Å². The zero-order valence-electron chi connectivity index (χ0n) is 6.74. The van der Waals surface area contributed by atoms with E-state index in [1.165, 1.54) is 13.0 Å². The molecule has 0 radical (unpaired) electrons. The first-order chi connectivity index (χ1) is 5.52. The summed E-state index contributed by atoms with van der Waals surface area (Å²) in [6, 6.07) is 1.44. The fraction of sp³-hybridized carbons (Fsp3) is 0.375. The van der Waals surface area contributed by atoms with E-state index in [0.717, 1.165) is 0 Å². The van der Waals surface area contributed by atoms with Crippen LogP contribution in [0.1, 0.15) is 23.4 Å². The van der Waals surface area contributed by atoms with E-state index in [1.54, 1.807) is 6.92 Å². The van der Waals surface area contributed by atoms with Crippen molar-refractivity contribution in [3.63, 3.8) is 0 Å². The lowest BCUT2D eigenvalue weighted by Gasteiger charge is -2.06. The van der Waals surface area contributed by atoms with Gasteiger partial charge in [-0.15, -0.1) is 0 Å². The van der Waals surface area contributed by atoms with Crippen LogP contribution in [0.15, 0.2) is 6.07 Å². The number of halogens is 3. The van der Waals surface area contributed by atoms with Gasteiger partial charge in [-0.1, -0.05) is 11.6 Å². The normalized spacial score (nSPS) is 10.8. The molecule has 0 aliphatic carbocycles. The molecule has 12 heavy (non-hydrogen) atoms. The van der Waals surface area contributed by atoms with Gasteiger partial charge in [-0.3, -0.25) is 4.98 Å². The topological polar surface area (TPSA) is 12.9 Å². The minimum atomic E-state index is -2.55. The van der Waals surface area contributed by atoms with Crippen LogP contribution < -0.4 is 0 Å². The Kier molecular flexibility index (Phi) is 2.62. The number of hydrogen-bond donors (Lipinski definition) is 0. The molecule has 1 nitrogen and oxygen atoms in total. The number of alkyl halides is 2. The fourth-order valence-electron chi connectivity index (χ4n) is 1.05. The number of rotatable bonds is 1. The van der Waals surface area contributed by atoms with Gasteiger partial charge in [0.2, 0.25) is 0 Å². The second-order valence-electron chi connectivity index (χ2n) is 2.55. The molecule has 1 aromatic rings. The Morgan fingerprint density at radius 2 is 2.00 bits per heavy atom. The maximum atomic E-state index is 12.3.